The van der Waals surface area contributed by atoms with Crippen LogP contribution >= 0.6 is 0 Å². The van der Waals surface area contributed by atoms with Crippen molar-refractivity contribution < 1.29 is 4.74 Å². The van der Waals surface area contributed by atoms with Crippen LogP contribution in [-0.4, -0.2) is 60.3 Å². The number of imidazole rings is 1. The van der Waals surface area contributed by atoms with E-state index in [9.17, 15) is 0 Å². The molecular weight excluding hydrogens is 232 g/mol. The maximum Gasteiger partial charge on any atom is 0.182 e. The number of fused-ring (bicyclic) bond motifs is 1. The van der Waals surface area contributed by atoms with Crippen LogP contribution in [0.3, 0.4) is 0 Å². The first kappa shape index (κ1) is 12.7. The first-order valence-electron chi connectivity index (χ1n) is 5.88. The van der Waals surface area contributed by atoms with E-state index in [4.69, 9.17) is 4.74 Å². The van der Waals surface area contributed by atoms with Crippen molar-refractivity contribution in [2.45, 2.75) is 0 Å². The number of nitrogens with zero attached hydrogens (tertiary/aromatic N) is 4. The van der Waals surface area contributed by atoms with Gasteiger partial charge in [-0.05, 0) is 0 Å². The zero-order valence-corrected chi connectivity index (χ0v) is 10.7. The van der Waals surface area contributed by atoms with Crippen LogP contribution in [0.2, 0.25) is 0 Å². The number of ether oxygens (including phenoxy) is 1. The number of rotatable bonds is 7. The third kappa shape index (κ3) is 2.93. The molecule has 0 bridgehead atoms. The number of aromatic nitrogens is 4. The van der Waals surface area contributed by atoms with Gasteiger partial charge >= 0.3 is 0 Å². The summed E-state index contributed by atoms with van der Waals surface area (Å²) < 4.78 is 4.97. The molecule has 0 aliphatic carbocycles. The molecule has 0 aliphatic heterocycles. The van der Waals surface area contributed by atoms with Gasteiger partial charge in [0.15, 0.2) is 11.5 Å². The lowest BCUT2D eigenvalue weighted by atomic mass is 10.4. The van der Waals surface area contributed by atoms with Gasteiger partial charge in [0.1, 0.15) is 11.8 Å². The van der Waals surface area contributed by atoms with E-state index < -0.39 is 0 Å². The second-order valence-electron chi connectivity index (χ2n) is 3.96. The van der Waals surface area contributed by atoms with E-state index in [0.29, 0.717) is 5.65 Å². The Balaban J connectivity index is 1.92. The summed E-state index contributed by atoms with van der Waals surface area (Å²) in [6, 6.07) is 0. The zero-order chi connectivity index (χ0) is 12.8. The van der Waals surface area contributed by atoms with Crippen LogP contribution < -0.4 is 10.2 Å². The highest BCUT2D eigenvalue weighted by atomic mass is 16.5. The highest BCUT2D eigenvalue weighted by Crippen LogP contribution is 2.17. The molecule has 2 heterocycles. The van der Waals surface area contributed by atoms with Gasteiger partial charge in [0.25, 0.3) is 0 Å². The maximum atomic E-state index is 4.97. The molecule has 7 heteroatoms. The number of hydrogen-bond donors (Lipinski definition) is 2. The highest BCUT2D eigenvalue weighted by Gasteiger charge is 2.09. The van der Waals surface area contributed by atoms with Crippen LogP contribution in [0.1, 0.15) is 0 Å². The Morgan fingerprint density at radius 2 is 2.22 bits per heavy atom. The van der Waals surface area contributed by atoms with Gasteiger partial charge in [-0.25, -0.2) is 15.0 Å². The largest absolute Gasteiger partial charge is 0.383 e. The summed E-state index contributed by atoms with van der Waals surface area (Å²) >= 11 is 0. The van der Waals surface area contributed by atoms with Gasteiger partial charge < -0.3 is 19.9 Å². The first-order chi connectivity index (χ1) is 8.83. The van der Waals surface area contributed by atoms with Gasteiger partial charge in [0.2, 0.25) is 0 Å². The maximum absolute atomic E-state index is 4.97. The van der Waals surface area contributed by atoms with Crippen LogP contribution in [0.25, 0.3) is 11.2 Å². The lowest BCUT2D eigenvalue weighted by molar-refractivity contribution is 0.200. The van der Waals surface area contributed by atoms with E-state index in [2.05, 4.69) is 30.2 Å². The average molecular weight is 250 g/mol. The molecule has 0 unspecified atom stereocenters. The molecule has 18 heavy (non-hydrogen) atoms. The predicted octanol–water partition coefficient (Wildman–Crippen LogP) is 0.0251. The van der Waals surface area contributed by atoms with Crippen molar-refractivity contribution in [3.05, 3.63) is 12.7 Å². The van der Waals surface area contributed by atoms with E-state index in [1.165, 1.54) is 6.33 Å². The molecule has 0 fully saturated rings. The third-order valence-corrected chi connectivity index (χ3v) is 2.67. The van der Waals surface area contributed by atoms with Gasteiger partial charge in [0, 0.05) is 33.8 Å². The van der Waals surface area contributed by atoms with Crippen LogP contribution in [0.4, 0.5) is 5.82 Å². The quantitative estimate of drug-likeness (QED) is 0.675. The number of H-pyrrole nitrogens is 1. The SMILES string of the molecule is COCCNCCN(C)c1ncnc2nc[nH]c12. The van der Waals surface area contributed by atoms with Gasteiger partial charge in [-0.2, -0.15) is 0 Å². The lowest BCUT2D eigenvalue weighted by Crippen LogP contribution is -2.31. The third-order valence-electron chi connectivity index (χ3n) is 2.67. The molecule has 2 aromatic rings. The molecule has 0 saturated carbocycles. The summed E-state index contributed by atoms with van der Waals surface area (Å²) in [4.78, 5) is 17.6. The number of hydrogen-bond acceptors (Lipinski definition) is 6. The number of anilines is 1. The summed E-state index contributed by atoms with van der Waals surface area (Å²) in [7, 11) is 3.70. The topological polar surface area (TPSA) is 79.0 Å². The lowest BCUT2D eigenvalue weighted by Gasteiger charge is -2.18. The number of methoxy groups -OCH3 is 1. The zero-order valence-electron chi connectivity index (χ0n) is 10.7. The fourth-order valence-electron chi connectivity index (χ4n) is 1.69. The molecule has 0 aromatic carbocycles. The summed E-state index contributed by atoms with van der Waals surface area (Å²) in [5, 5.41) is 3.29. The number of likely N-dealkylation sites (N-methyl/N-ethyl adjacent to an activating group) is 1. The predicted molar refractivity (Wildman–Crippen MR) is 69.7 cm³/mol. The fourth-order valence-corrected chi connectivity index (χ4v) is 1.69. The van der Waals surface area contributed by atoms with Crippen LogP contribution in [0.5, 0.6) is 0 Å². The summed E-state index contributed by atoms with van der Waals surface area (Å²) in [5.41, 5.74) is 1.57. The molecule has 98 valence electrons. The molecular formula is C11H18N6O. The minimum atomic E-state index is 0.694. The smallest absolute Gasteiger partial charge is 0.182 e. The second-order valence-corrected chi connectivity index (χ2v) is 3.96. The number of aromatic amines is 1. The fraction of sp³-hybridized carbons (Fsp3) is 0.545. The van der Waals surface area contributed by atoms with E-state index in [1.807, 2.05) is 7.05 Å². The Morgan fingerprint density at radius 3 is 3.06 bits per heavy atom. The Labute approximate surface area is 106 Å². The molecule has 0 amide bonds. The molecule has 0 atom stereocenters. The Bertz CT molecular complexity index is 485. The van der Waals surface area contributed by atoms with E-state index in [0.717, 1.165) is 37.6 Å². The molecule has 0 saturated heterocycles. The highest BCUT2D eigenvalue weighted by molar-refractivity contribution is 5.82. The first-order valence-corrected chi connectivity index (χ1v) is 5.88. The van der Waals surface area contributed by atoms with Crippen molar-refractivity contribution in [2.24, 2.45) is 0 Å². The molecule has 2 rings (SSSR count). The Hall–Kier alpha value is -1.73. The van der Waals surface area contributed by atoms with E-state index >= 15 is 0 Å². The number of nitrogens with one attached hydrogen (secondary N) is 2. The molecule has 2 aromatic heterocycles. The molecule has 0 spiro atoms. The van der Waals surface area contributed by atoms with Crippen molar-refractivity contribution in [1.82, 2.24) is 25.3 Å². The average Bonchev–Trinajstić information content (AvgIpc) is 2.86. The van der Waals surface area contributed by atoms with Crippen molar-refractivity contribution in [3.8, 4) is 0 Å². The molecule has 0 radical (unpaired) electrons. The van der Waals surface area contributed by atoms with Crippen LogP contribution in [0, 0.1) is 0 Å². The second kappa shape index (κ2) is 6.27. The molecule has 7 nitrogen and oxygen atoms in total. The van der Waals surface area contributed by atoms with Crippen LogP contribution in [-0.2, 0) is 4.74 Å². The minimum Gasteiger partial charge on any atom is -0.383 e. The monoisotopic (exact) mass is 250 g/mol. The Kier molecular flexibility index (Phi) is 4.43. The van der Waals surface area contributed by atoms with Crippen molar-refractivity contribution in [1.29, 1.82) is 0 Å². The normalized spacial score (nSPS) is 11.0. The van der Waals surface area contributed by atoms with Crippen molar-refractivity contribution in [2.75, 3.05) is 45.3 Å². The molecule has 0 aliphatic rings. The Morgan fingerprint density at radius 1 is 1.33 bits per heavy atom. The van der Waals surface area contributed by atoms with E-state index in [1.54, 1.807) is 13.4 Å². The van der Waals surface area contributed by atoms with Gasteiger partial charge in [-0.15, -0.1) is 0 Å². The summed E-state index contributed by atoms with van der Waals surface area (Å²) in [6.45, 7) is 3.31. The van der Waals surface area contributed by atoms with Crippen molar-refractivity contribution in [3.63, 3.8) is 0 Å². The van der Waals surface area contributed by atoms with Crippen LogP contribution in [0.15, 0.2) is 12.7 Å². The van der Waals surface area contributed by atoms with Gasteiger partial charge in [-0.1, -0.05) is 0 Å². The van der Waals surface area contributed by atoms with Gasteiger partial charge in [-0.3, -0.25) is 0 Å². The summed E-state index contributed by atoms with van der Waals surface area (Å²) in [6.07, 6.45) is 3.17. The van der Waals surface area contributed by atoms with E-state index in [-0.39, 0.29) is 0 Å². The molecule has 2 N–H and O–H groups in total. The van der Waals surface area contributed by atoms with Gasteiger partial charge in [0.05, 0.1) is 12.9 Å². The van der Waals surface area contributed by atoms with Crippen molar-refractivity contribution >= 4 is 17.0 Å². The summed E-state index contributed by atoms with van der Waals surface area (Å²) in [5.74, 6) is 0.867. The minimum absolute atomic E-state index is 0.694. The standard InChI is InChI=1S/C11H18N6O/c1-17(5-3-12-4-6-18-2)11-9-10(14-7-13-9)15-8-16-11/h7-8,12H,3-6H2,1-2H3,(H,13,14,15,16).